The number of hydrogen-bond acceptors (Lipinski definition) is 3. The number of hydrogen-bond donors (Lipinski definition) is 2. The largest absolute Gasteiger partial charge is 0.325 e. The van der Waals surface area contributed by atoms with E-state index in [2.05, 4.69) is 10.6 Å². The van der Waals surface area contributed by atoms with Crippen LogP contribution in [0.4, 0.5) is 11.4 Å². The summed E-state index contributed by atoms with van der Waals surface area (Å²) in [6, 6.07) is 11.2. The number of carbonyl (C=O) groups is 2. The summed E-state index contributed by atoms with van der Waals surface area (Å²) in [4.78, 5) is 24.0. The molecule has 0 unspecified atom stereocenters. The molecule has 0 saturated heterocycles. The molecule has 0 aromatic heterocycles. The molecular weight excluding hydrogens is 356 g/mol. The summed E-state index contributed by atoms with van der Waals surface area (Å²) in [5.74, 6) is 0.169. The highest BCUT2D eigenvalue weighted by Crippen LogP contribution is 2.20. The second-order valence-electron chi connectivity index (χ2n) is 5.92. The minimum atomic E-state index is -0.144. The number of rotatable bonds is 6. The van der Waals surface area contributed by atoms with Gasteiger partial charge >= 0.3 is 0 Å². The molecule has 2 aromatic rings. The van der Waals surface area contributed by atoms with Crippen LogP contribution < -0.4 is 10.6 Å². The molecule has 2 amide bonds. The quantitative estimate of drug-likeness (QED) is 0.776. The molecule has 2 aromatic carbocycles. The molecule has 0 aliphatic heterocycles. The Hall–Kier alpha value is -1.98. The first-order chi connectivity index (χ1) is 11.8. The fourth-order valence-electron chi connectivity index (χ4n) is 2.43. The Bertz CT molecular complexity index is 773. The van der Waals surface area contributed by atoms with Crippen molar-refractivity contribution in [3.8, 4) is 0 Å². The van der Waals surface area contributed by atoms with Gasteiger partial charge in [0.2, 0.25) is 11.8 Å². The van der Waals surface area contributed by atoms with E-state index in [-0.39, 0.29) is 23.3 Å². The molecule has 0 aliphatic carbocycles. The number of halogens is 1. The summed E-state index contributed by atoms with van der Waals surface area (Å²) in [6.07, 6.45) is 0. The average Bonchev–Trinajstić information content (AvgIpc) is 2.49. The number of carbonyl (C=O) groups excluding carboxylic acids is 2. The van der Waals surface area contributed by atoms with Gasteiger partial charge in [-0.25, -0.2) is 0 Å². The normalized spacial score (nSPS) is 10.4. The number of aryl methyl sites for hydroxylation is 3. The zero-order chi connectivity index (χ0) is 18.4. The molecule has 2 N–H and O–H groups in total. The molecule has 0 heterocycles. The second kappa shape index (κ2) is 8.92. The Morgan fingerprint density at radius 3 is 2.12 bits per heavy atom. The zero-order valence-corrected chi connectivity index (χ0v) is 16.1. The topological polar surface area (TPSA) is 58.2 Å². The van der Waals surface area contributed by atoms with Crippen LogP contribution in [-0.2, 0) is 9.59 Å². The minimum Gasteiger partial charge on any atom is -0.325 e. The third kappa shape index (κ3) is 6.44. The van der Waals surface area contributed by atoms with E-state index in [9.17, 15) is 9.59 Å². The molecule has 4 nitrogen and oxygen atoms in total. The van der Waals surface area contributed by atoms with Crippen LogP contribution in [0.5, 0.6) is 0 Å². The molecule has 0 aliphatic rings. The van der Waals surface area contributed by atoms with Crippen molar-refractivity contribution in [1.29, 1.82) is 0 Å². The van der Waals surface area contributed by atoms with Crippen molar-refractivity contribution in [1.82, 2.24) is 0 Å². The van der Waals surface area contributed by atoms with Gasteiger partial charge < -0.3 is 10.6 Å². The maximum Gasteiger partial charge on any atom is 0.234 e. The van der Waals surface area contributed by atoms with Crippen molar-refractivity contribution < 1.29 is 9.59 Å². The lowest BCUT2D eigenvalue weighted by atomic mass is 10.1. The molecule has 0 fully saturated rings. The van der Waals surface area contributed by atoms with Gasteiger partial charge in [0, 0.05) is 16.4 Å². The Kier molecular flexibility index (Phi) is 6.91. The van der Waals surface area contributed by atoms with Gasteiger partial charge in [0.1, 0.15) is 0 Å². The highest BCUT2D eigenvalue weighted by molar-refractivity contribution is 8.00. The van der Waals surface area contributed by atoms with Gasteiger partial charge in [0.15, 0.2) is 0 Å². The molecule has 0 spiro atoms. The van der Waals surface area contributed by atoms with Crippen LogP contribution in [-0.4, -0.2) is 23.3 Å². The smallest absolute Gasteiger partial charge is 0.234 e. The Balaban J connectivity index is 1.77. The first-order valence-corrected chi connectivity index (χ1v) is 9.38. The van der Waals surface area contributed by atoms with Gasteiger partial charge in [-0.2, -0.15) is 0 Å². The molecule has 25 heavy (non-hydrogen) atoms. The molecule has 0 atom stereocenters. The Morgan fingerprint density at radius 2 is 1.52 bits per heavy atom. The molecule has 0 saturated carbocycles. The summed E-state index contributed by atoms with van der Waals surface area (Å²) < 4.78 is 0. The van der Waals surface area contributed by atoms with E-state index in [1.54, 1.807) is 18.2 Å². The molecule has 2 rings (SSSR count). The lowest BCUT2D eigenvalue weighted by molar-refractivity contribution is -0.114. The van der Waals surface area contributed by atoms with Crippen molar-refractivity contribution in [2.24, 2.45) is 0 Å². The van der Waals surface area contributed by atoms with Crippen molar-refractivity contribution in [2.45, 2.75) is 20.8 Å². The summed E-state index contributed by atoms with van der Waals surface area (Å²) in [5.41, 5.74) is 4.61. The monoisotopic (exact) mass is 376 g/mol. The van der Waals surface area contributed by atoms with Crippen LogP contribution in [0.1, 0.15) is 16.7 Å². The van der Waals surface area contributed by atoms with Gasteiger partial charge in [0.05, 0.1) is 11.5 Å². The second-order valence-corrected chi connectivity index (χ2v) is 7.35. The van der Waals surface area contributed by atoms with E-state index in [1.165, 1.54) is 11.8 Å². The van der Waals surface area contributed by atoms with Gasteiger partial charge in [-0.3, -0.25) is 9.59 Å². The summed E-state index contributed by atoms with van der Waals surface area (Å²) in [7, 11) is 0. The van der Waals surface area contributed by atoms with Crippen LogP contribution in [0.3, 0.4) is 0 Å². The van der Waals surface area contributed by atoms with Crippen LogP contribution in [0.15, 0.2) is 36.4 Å². The van der Waals surface area contributed by atoms with E-state index >= 15 is 0 Å². The Labute approximate surface area is 157 Å². The van der Waals surface area contributed by atoms with E-state index in [0.717, 1.165) is 28.1 Å². The maximum absolute atomic E-state index is 12.0. The van der Waals surface area contributed by atoms with E-state index in [1.807, 2.05) is 39.0 Å². The van der Waals surface area contributed by atoms with Gasteiger partial charge in [-0.1, -0.05) is 17.7 Å². The third-order valence-electron chi connectivity index (χ3n) is 3.43. The van der Waals surface area contributed by atoms with Crippen LogP contribution in [0.2, 0.25) is 5.02 Å². The summed E-state index contributed by atoms with van der Waals surface area (Å²) in [5, 5.41) is 6.31. The molecule has 6 heteroatoms. The molecule has 0 bridgehead atoms. The number of thioether (sulfide) groups is 1. The van der Waals surface area contributed by atoms with Crippen molar-refractivity contribution in [3.63, 3.8) is 0 Å². The predicted molar refractivity (Wildman–Crippen MR) is 107 cm³/mol. The first-order valence-electron chi connectivity index (χ1n) is 7.85. The maximum atomic E-state index is 12.0. The Morgan fingerprint density at radius 1 is 0.920 bits per heavy atom. The van der Waals surface area contributed by atoms with Gasteiger partial charge in [-0.05, 0) is 67.8 Å². The lowest BCUT2D eigenvalue weighted by Gasteiger charge is -2.09. The highest BCUT2D eigenvalue weighted by Gasteiger charge is 2.08. The summed E-state index contributed by atoms with van der Waals surface area (Å²) in [6.45, 7) is 5.85. The van der Waals surface area contributed by atoms with Crippen LogP contribution in [0, 0.1) is 20.8 Å². The SMILES string of the molecule is Cc1cc(C)cc(NC(=O)CSCC(=O)Nc2ccc(Cl)cc2C)c1. The fourth-order valence-corrected chi connectivity index (χ4v) is 3.28. The predicted octanol–water partition coefficient (Wildman–Crippen LogP) is 4.58. The standard InChI is InChI=1S/C19H21ClN2O2S/c1-12-6-13(2)8-16(7-12)21-18(23)10-25-11-19(24)22-17-5-4-15(20)9-14(17)3/h4-9H,10-11H2,1-3H3,(H,21,23)(H,22,24). The van der Waals surface area contributed by atoms with Gasteiger partial charge in [0.25, 0.3) is 0 Å². The minimum absolute atomic E-state index is 0.120. The lowest BCUT2D eigenvalue weighted by Crippen LogP contribution is -2.18. The molecular formula is C19H21ClN2O2S. The van der Waals surface area contributed by atoms with Crippen molar-refractivity contribution >= 4 is 46.6 Å². The zero-order valence-electron chi connectivity index (χ0n) is 14.5. The third-order valence-corrected chi connectivity index (χ3v) is 4.60. The van der Waals surface area contributed by atoms with Crippen LogP contribution in [0.25, 0.3) is 0 Å². The van der Waals surface area contributed by atoms with Gasteiger partial charge in [-0.15, -0.1) is 11.8 Å². The number of benzene rings is 2. The molecule has 0 radical (unpaired) electrons. The number of nitrogens with one attached hydrogen (secondary N) is 2. The van der Waals surface area contributed by atoms with E-state index in [0.29, 0.717) is 5.02 Å². The van der Waals surface area contributed by atoms with Crippen molar-refractivity contribution in [2.75, 3.05) is 22.1 Å². The average molecular weight is 377 g/mol. The van der Waals surface area contributed by atoms with Crippen molar-refractivity contribution in [3.05, 3.63) is 58.1 Å². The first kappa shape index (κ1) is 19.3. The number of anilines is 2. The fraction of sp³-hybridized carbons (Fsp3) is 0.263. The van der Waals surface area contributed by atoms with E-state index in [4.69, 9.17) is 11.6 Å². The highest BCUT2D eigenvalue weighted by atomic mass is 35.5. The van der Waals surface area contributed by atoms with Crippen LogP contribution >= 0.6 is 23.4 Å². The molecule has 132 valence electrons. The summed E-state index contributed by atoms with van der Waals surface area (Å²) >= 11 is 7.17. The van der Waals surface area contributed by atoms with E-state index < -0.39 is 0 Å². The number of amides is 2.